The molecule has 0 radical (unpaired) electrons. The zero-order valence-corrected chi connectivity index (χ0v) is 13.1. The maximum absolute atomic E-state index is 4.93. The summed E-state index contributed by atoms with van der Waals surface area (Å²) in [7, 11) is 1.63. The Morgan fingerprint density at radius 2 is 2.11 bits per heavy atom. The first-order chi connectivity index (χ1) is 9.30. The van der Waals surface area contributed by atoms with Crippen LogP contribution in [0.4, 0.5) is 5.69 Å². The lowest BCUT2D eigenvalue weighted by molar-refractivity contribution is 0.271. The Hall–Kier alpha value is -0.710. The van der Waals surface area contributed by atoms with Crippen LogP contribution in [-0.2, 0) is 10.6 Å². The topological polar surface area (TPSA) is 24.5 Å². The Morgan fingerprint density at radius 1 is 1.26 bits per heavy atom. The minimum Gasteiger partial charge on any atom is -0.279 e. The van der Waals surface area contributed by atoms with Crippen LogP contribution in [0, 0.1) is 0 Å². The Morgan fingerprint density at radius 3 is 2.79 bits per heavy atom. The van der Waals surface area contributed by atoms with E-state index in [1.165, 1.54) is 31.4 Å². The van der Waals surface area contributed by atoms with Crippen molar-refractivity contribution in [3.05, 3.63) is 29.8 Å². The number of nitrogens with zero attached hydrogens (tertiary/aromatic N) is 1. The lowest BCUT2D eigenvalue weighted by atomic mass is 10.2. The molecule has 0 aliphatic heterocycles. The average molecular weight is 282 g/mol. The van der Waals surface area contributed by atoms with Crippen molar-refractivity contribution in [2.24, 2.45) is 0 Å². The lowest BCUT2D eigenvalue weighted by Gasteiger charge is -2.19. The smallest absolute Gasteiger partial charge is 0.0636 e. The Kier molecular flexibility index (Phi) is 8.71. The molecule has 0 fully saturated rings. The molecule has 0 atom stereocenters. The van der Waals surface area contributed by atoms with Gasteiger partial charge in [-0.05, 0) is 24.1 Å². The summed E-state index contributed by atoms with van der Waals surface area (Å²) in [5.41, 5.74) is 5.20. The van der Waals surface area contributed by atoms with Crippen molar-refractivity contribution in [3.8, 4) is 0 Å². The fourth-order valence-corrected chi connectivity index (χ4v) is 2.81. The highest BCUT2D eigenvalue weighted by Gasteiger charge is 2.04. The van der Waals surface area contributed by atoms with Crippen molar-refractivity contribution >= 4 is 17.6 Å². The van der Waals surface area contributed by atoms with Crippen LogP contribution in [0.25, 0.3) is 0 Å². The van der Waals surface area contributed by atoms with Gasteiger partial charge in [0.25, 0.3) is 0 Å². The summed E-state index contributed by atoms with van der Waals surface area (Å²) < 4.78 is 2.45. The predicted molar refractivity (Wildman–Crippen MR) is 85.1 cm³/mol. The summed E-state index contributed by atoms with van der Waals surface area (Å²) in [6.45, 7) is 6.76. The molecule has 0 saturated heterocycles. The number of benzene rings is 1. The molecule has 1 rings (SSSR count). The average Bonchev–Trinajstić information content (AvgIpc) is 2.43. The van der Waals surface area contributed by atoms with Gasteiger partial charge in [-0.15, -0.1) is 0 Å². The highest BCUT2D eigenvalue weighted by molar-refractivity contribution is 7.96. The molecule has 4 heteroatoms. The van der Waals surface area contributed by atoms with Gasteiger partial charge < -0.3 is 0 Å². The summed E-state index contributed by atoms with van der Waals surface area (Å²) in [4.78, 5) is 4.93. The minimum atomic E-state index is 1.01. The first-order valence-electron chi connectivity index (χ1n) is 7.06. The third-order valence-electron chi connectivity index (χ3n) is 2.92. The minimum absolute atomic E-state index is 1.01. The molecular formula is C15H26N2OS. The first kappa shape index (κ1) is 16.3. The van der Waals surface area contributed by atoms with E-state index >= 15 is 0 Å². The van der Waals surface area contributed by atoms with Crippen LogP contribution < -0.4 is 5.48 Å². The number of rotatable bonds is 10. The predicted octanol–water partition coefficient (Wildman–Crippen LogP) is 4.32. The van der Waals surface area contributed by atoms with Crippen LogP contribution in [-0.4, -0.2) is 24.5 Å². The zero-order chi connectivity index (χ0) is 13.9. The second kappa shape index (κ2) is 10.1. The largest absolute Gasteiger partial charge is 0.279 e. The van der Waals surface area contributed by atoms with E-state index in [2.05, 4.69) is 41.8 Å². The van der Waals surface area contributed by atoms with E-state index in [9.17, 15) is 0 Å². The van der Waals surface area contributed by atoms with Gasteiger partial charge >= 0.3 is 0 Å². The molecule has 3 nitrogen and oxygen atoms in total. The van der Waals surface area contributed by atoms with Crippen LogP contribution in [0.15, 0.2) is 24.3 Å². The van der Waals surface area contributed by atoms with Gasteiger partial charge in [-0.1, -0.05) is 50.8 Å². The maximum Gasteiger partial charge on any atom is 0.0636 e. The zero-order valence-electron chi connectivity index (χ0n) is 12.3. The van der Waals surface area contributed by atoms with Crippen LogP contribution in [0.5, 0.6) is 0 Å². The van der Waals surface area contributed by atoms with Gasteiger partial charge in [0.2, 0.25) is 0 Å². The third kappa shape index (κ3) is 6.85. The molecule has 1 aromatic carbocycles. The summed E-state index contributed by atoms with van der Waals surface area (Å²) in [6.07, 6.45) is 3.90. The van der Waals surface area contributed by atoms with Crippen molar-refractivity contribution in [3.63, 3.8) is 0 Å². The van der Waals surface area contributed by atoms with Crippen LogP contribution in [0.1, 0.15) is 38.7 Å². The number of nitrogens with one attached hydrogen (secondary N) is 1. The van der Waals surface area contributed by atoms with Gasteiger partial charge in [-0.3, -0.25) is 14.6 Å². The van der Waals surface area contributed by atoms with Gasteiger partial charge in [-0.25, -0.2) is 0 Å². The van der Waals surface area contributed by atoms with E-state index in [-0.39, 0.29) is 0 Å². The molecule has 0 heterocycles. The quantitative estimate of drug-likeness (QED) is 0.392. The van der Waals surface area contributed by atoms with Gasteiger partial charge in [0, 0.05) is 18.8 Å². The molecule has 108 valence electrons. The van der Waals surface area contributed by atoms with Gasteiger partial charge in [0.05, 0.1) is 12.8 Å². The highest BCUT2D eigenvalue weighted by atomic mass is 32.2. The molecule has 0 aromatic heterocycles. The maximum atomic E-state index is 4.93. The molecule has 0 unspecified atom stereocenters. The van der Waals surface area contributed by atoms with Crippen molar-refractivity contribution in [1.82, 2.24) is 4.31 Å². The Bertz CT molecular complexity index is 347. The number of hydrogen-bond acceptors (Lipinski definition) is 4. The van der Waals surface area contributed by atoms with Crippen LogP contribution in [0.2, 0.25) is 0 Å². The third-order valence-corrected chi connectivity index (χ3v) is 4.19. The second-order valence-electron chi connectivity index (χ2n) is 4.51. The molecular weight excluding hydrogens is 256 g/mol. The Balaban J connectivity index is 2.38. The van der Waals surface area contributed by atoms with Crippen LogP contribution in [0.3, 0.4) is 0 Å². The molecule has 1 aromatic rings. The number of unbranched alkanes of at least 4 members (excludes halogenated alkanes) is 2. The summed E-state index contributed by atoms with van der Waals surface area (Å²) in [5.74, 6) is 1.01. The SMILES string of the molecule is CCCCCN(CC)SCc1cccc(NOC)c1. The van der Waals surface area contributed by atoms with E-state index in [0.717, 1.165) is 18.0 Å². The lowest BCUT2D eigenvalue weighted by Crippen LogP contribution is -2.16. The van der Waals surface area contributed by atoms with E-state index in [4.69, 9.17) is 4.84 Å². The molecule has 1 N–H and O–H groups in total. The highest BCUT2D eigenvalue weighted by Crippen LogP contribution is 2.20. The van der Waals surface area contributed by atoms with Gasteiger partial charge in [-0.2, -0.15) is 0 Å². The van der Waals surface area contributed by atoms with Crippen molar-refractivity contribution in [2.45, 2.75) is 38.9 Å². The van der Waals surface area contributed by atoms with Crippen molar-refractivity contribution in [2.75, 3.05) is 25.7 Å². The van der Waals surface area contributed by atoms with Gasteiger partial charge in [0.15, 0.2) is 0 Å². The van der Waals surface area contributed by atoms with Crippen LogP contribution >= 0.6 is 11.9 Å². The molecule has 0 spiro atoms. The second-order valence-corrected chi connectivity index (χ2v) is 5.57. The summed E-state index contributed by atoms with van der Waals surface area (Å²) in [6, 6.07) is 8.37. The first-order valence-corrected chi connectivity index (χ1v) is 8.00. The van der Waals surface area contributed by atoms with E-state index in [1.54, 1.807) is 7.11 Å². The molecule has 0 aliphatic carbocycles. The molecule has 0 bridgehead atoms. The normalized spacial score (nSPS) is 10.9. The fourth-order valence-electron chi connectivity index (χ4n) is 1.86. The molecule has 0 aliphatic rings. The summed E-state index contributed by atoms with van der Waals surface area (Å²) in [5, 5.41) is 0. The summed E-state index contributed by atoms with van der Waals surface area (Å²) >= 11 is 1.92. The van der Waals surface area contributed by atoms with Crippen molar-refractivity contribution < 1.29 is 4.84 Å². The molecule has 19 heavy (non-hydrogen) atoms. The van der Waals surface area contributed by atoms with E-state index in [0.29, 0.717) is 0 Å². The Labute approximate surface area is 121 Å². The van der Waals surface area contributed by atoms with Gasteiger partial charge in [0.1, 0.15) is 0 Å². The fraction of sp³-hybridized carbons (Fsp3) is 0.600. The number of hydrogen-bond donors (Lipinski definition) is 1. The van der Waals surface area contributed by atoms with E-state index in [1.807, 2.05) is 18.0 Å². The number of anilines is 1. The van der Waals surface area contributed by atoms with Crippen molar-refractivity contribution in [1.29, 1.82) is 0 Å². The monoisotopic (exact) mass is 282 g/mol. The molecule has 0 amide bonds. The van der Waals surface area contributed by atoms with E-state index < -0.39 is 0 Å². The molecule has 0 saturated carbocycles. The standard InChI is InChI=1S/C15H26N2OS/c1-4-6-7-11-17(5-2)19-13-14-9-8-10-15(12-14)16-18-3/h8-10,12,16H,4-7,11,13H2,1-3H3.